The van der Waals surface area contributed by atoms with Gasteiger partial charge in [0.15, 0.2) is 0 Å². The van der Waals surface area contributed by atoms with Crippen molar-refractivity contribution in [3.63, 3.8) is 0 Å². The van der Waals surface area contributed by atoms with Gasteiger partial charge in [-0.25, -0.2) is 9.97 Å². The van der Waals surface area contributed by atoms with Gasteiger partial charge >= 0.3 is 0 Å². The second-order valence-corrected chi connectivity index (χ2v) is 5.23. The maximum absolute atomic E-state index is 9.35. The molecule has 0 atom stereocenters. The third kappa shape index (κ3) is 4.94. The first kappa shape index (κ1) is 16.7. The summed E-state index contributed by atoms with van der Waals surface area (Å²) < 4.78 is 0. The second-order valence-electron chi connectivity index (χ2n) is 5.23. The van der Waals surface area contributed by atoms with Crippen molar-refractivity contribution in [2.24, 2.45) is 0 Å². The van der Waals surface area contributed by atoms with E-state index in [9.17, 15) is 10.2 Å². The SMILES string of the molecule is CCCNc1cc(NC(C)(CO)CO)nc(CCC)n1. The van der Waals surface area contributed by atoms with E-state index in [2.05, 4.69) is 34.4 Å². The number of nitrogens with zero attached hydrogens (tertiary/aromatic N) is 2. The van der Waals surface area contributed by atoms with Gasteiger partial charge in [0.25, 0.3) is 0 Å². The number of aromatic nitrogens is 2. The van der Waals surface area contributed by atoms with Crippen molar-refractivity contribution in [3.8, 4) is 0 Å². The zero-order chi connectivity index (χ0) is 15.0. The highest BCUT2D eigenvalue weighted by molar-refractivity contribution is 5.49. The van der Waals surface area contributed by atoms with Crippen LogP contribution in [-0.4, -0.2) is 45.5 Å². The van der Waals surface area contributed by atoms with E-state index < -0.39 is 5.54 Å². The van der Waals surface area contributed by atoms with Crippen molar-refractivity contribution >= 4 is 11.6 Å². The van der Waals surface area contributed by atoms with Gasteiger partial charge in [-0.3, -0.25) is 0 Å². The van der Waals surface area contributed by atoms with Crippen molar-refractivity contribution in [2.45, 2.75) is 45.6 Å². The van der Waals surface area contributed by atoms with E-state index in [4.69, 9.17) is 0 Å². The highest BCUT2D eigenvalue weighted by atomic mass is 16.3. The third-order valence-electron chi connectivity index (χ3n) is 2.93. The maximum atomic E-state index is 9.35. The summed E-state index contributed by atoms with van der Waals surface area (Å²) in [6.45, 7) is 6.42. The first-order valence-corrected chi connectivity index (χ1v) is 7.18. The largest absolute Gasteiger partial charge is 0.394 e. The van der Waals surface area contributed by atoms with Gasteiger partial charge in [0.05, 0.1) is 18.8 Å². The highest BCUT2D eigenvalue weighted by Crippen LogP contribution is 2.17. The van der Waals surface area contributed by atoms with Gasteiger partial charge in [-0.05, 0) is 19.8 Å². The molecule has 20 heavy (non-hydrogen) atoms. The van der Waals surface area contributed by atoms with E-state index in [1.807, 2.05) is 0 Å². The molecule has 1 aromatic rings. The molecule has 0 saturated carbocycles. The molecule has 6 nitrogen and oxygen atoms in total. The molecule has 4 N–H and O–H groups in total. The van der Waals surface area contributed by atoms with Crippen molar-refractivity contribution < 1.29 is 10.2 Å². The summed E-state index contributed by atoms with van der Waals surface area (Å²) in [6.07, 6.45) is 2.78. The normalized spacial score (nSPS) is 11.4. The van der Waals surface area contributed by atoms with Crippen molar-refractivity contribution in [2.75, 3.05) is 30.4 Å². The molecule has 0 radical (unpaired) electrons. The van der Waals surface area contributed by atoms with E-state index in [1.54, 1.807) is 13.0 Å². The Morgan fingerprint density at radius 3 is 2.30 bits per heavy atom. The van der Waals surface area contributed by atoms with Crippen molar-refractivity contribution in [1.82, 2.24) is 9.97 Å². The maximum Gasteiger partial charge on any atom is 0.133 e. The van der Waals surface area contributed by atoms with Crippen molar-refractivity contribution in [3.05, 3.63) is 11.9 Å². The average molecular weight is 282 g/mol. The molecular weight excluding hydrogens is 256 g/mol. The Kier molecular flexibility index (Phi) is 6.67. The Morgan fingerprint density at radius 1 is 1.10 bits per heavy atom. The minimum Gasteiger partial charge on any atom is -0.394 e. The standard InChI is InChI=1S/C14H26N4O2/c1-4-6-11-16-12(15-7-5-2)8-13(17-11)18-14(3,9-19)10-20/h8,19-20H,4-7,9-10H2,1-3H3,(H2,15,16,17,18). The molecule has 0 bridgehead atoms. The molecule has 0 spiro atoms. The fourth-order valence-electron chi connectivity index (χ4n) is 1.68. The number of nitrogens with one attached hydrogen (secondary N) is 2. The number of hydrogen-bond donors (Lipinski definition) is 4. The molecule has 0 unspecified atom stereocenters. The highest BCUT2D eigenvalue weighted by Gasteiger charge is 2.22. The smallest absolute Gasteiger partial charge is 0.133 e. The Labute approximate surface area is 120 Å². The predicted molar refractivity (Wildman–Crippen MR) is 81.0 cm³/mol. The van der Waals surface area contributed by atoms with Crippen LogP contribution in [0.15, 0.2) is 6.07 Å². The molecule has 0 aliphatic heterocycles. The van der Waals surface area contributed by atoms with Crippen LogP contribution >= 0.6 is 0 Å². The van der Waals surface area contributed by atoms with Gasteiger partial charge in [-0.1, -0.05) is 13.8 Å². The van der Waals surface area contributed by atoms with Gasteiger partial charge in [0.2, 0.25) is 0 Å². The predicted octanol–water partition coefficient (Wildman–Crippen LogP) is 1.41. The number of anilines is 2. The topological polar surface area (TPSA) is 90.3 Å². The van der Waals surface area contributed by atoms with E-state index in [0.717, 1.165) is 37.4 Å². The van der Waals surface area contributed by atoms with Crippen LogP contribution in [0.1, 0.15) is 39.4 Å². The second kappa shape index (κ2) is 8.01. The van der Waals surface area contributed by atoms with Crippen molar-refractivity contribution in [1.29, 1.82) is 0 Å². The lowest BCUT2D eigenvalue weighted by atomic mass is 10.1. The van der Waals surface area contributed by atoms with Crippen LogP contribution in [0.2, 0.25) is 0 Å². The fraction of sp³-hybridized carbons (Fsp3) is 0.714. The number of aliphatic hydroxyl groups excluding tert-OH is 2. The average Bonchev–Trinajstić information content (AvgIpc) is 2.45. The van der Waals surface area contributed by atoms with Crippen LogP contribution in [0.25, 0.3) is 0 Å². The first-order valence-electron chi connectivity index (χ1n) is 7.18. The summed E-state index contributed by atoms with van der Waals surface area (Å²) in [6, 6.07) is 1.80. The fourth-order valence-corrected chi connectivity index (χ4v) is 1.68. The number of aryl methyl sites for hydroxylation is 1. The molecule has 0 saturated heterocycles. The molecule has 0 aromatic carbocycles. The Morgan fingerprint density at radius 2 is 1.75 bits per heavy atom. The Bertz CT molecular complexity index is 408. The third-order valence-corrected chi connectivity index (χ3v) is 2.93. The lowest BCUT2D eigenvalue weighted by Crippen LogP contribution is -2.42. The van der Waals surface area contributed by atoms with E-state index >= 15 is 0 Å². The molecular formula is C14H26N4O2. The zero-order valence-corrected chi connectivity index (χ0v) is 12.6. The zero-order valence-electron chi connectivity index (χ0n) is 12.6. The minimum atomic E-state index is -0.792. The van der Waals surface area contributed by atoms with Crippen LogP contribution in [0.5, 0.6) is 0 Å². The molecule has 1 rings (SSSR count). The van der Waals surface area contributed by atoms with Crippen LogP contribution in [0.4, 0.5) is 11.6 Å². The van der Waals surface area contributed by atoms with E-state index in [1.165, 1.54) is 0 Å². The Hall–Kier alpha value is -1.40. The van der Waals surface area contributed by atoms with Crippen LogP contribution in [0, 0.1) is 0 Å². The Balaban J connectivity index is 2.95. The molecule has 1 aromatic heterocycles. The molecule has 114 valence electrons. The monoisotopic (exact) mass is 282 g/mol. The molecule has 0 amide bonds. The molecule has 6 heteroatoms. The van der Waals surface area contributed by atoms with Gasteiger partial charge < -0.3 is 20.8 Å². The summed E-state index contributed by atoms with van der Waals surface area (Å²) in [5.74, 6) is 2.15. The summed E-state index contributed by atoms with van der Waals surface area (Å²) in [7, 11) is 0. The number of hydrogen-bond acceptors (Lipinski definition) is 6. The van der Waals surface area contributed by atoms with Crippen LogP contribution < -0.4 is 10.6 Å². The molecule has 0 aliphatic carbocycles. The summed E-state index contributed by atoms with van der Waals surface area (Å²) in [5, 5.41) is 25.0. The summed E-state index contributed by atoms with van der Waals surface area (Å²) in [4.78, 5) is 8.88. The lowest BCUT2D eigenvalue weighted by molar-refractivity contribution is 0.147. The lowest BCUT2D eigenvalue weighted by Gasteiger charge is -2.27. The molecule has 0 fully saturated rings. The summed E-state index contributed by atoms with van der Waals surface area (Å²) in [5.41, 5.74) is -0.792. The molecule has 1 heterocycles. The van der Waals surface area contributed by atoms with Gasteiger partial charge in [-0.2, -0.15) is 0 Å². The number of rotatable bonds is 9. The quantitative estimate of drug-likeness (QED) is 0.547. The molecule has 0 aliphatic rings. The number of aliphatic hydroxyl groups is 2. The van der Waals surface area contributed by atoms with Crippen LogP contribution in [0.3, 0.4) is 0 Å². The van der Waals surface area contributed by atoms with E-state index in [-0.39, 0.29) is 13.2 Å². The van der Waals surface area contributed by atoms with Gasteiger partial charge in [0, 0.05) is 19.0 Å². The van der Waals surface area contributed by atoms with Gasteiger partial charge in [-0.15, -0.1) is 0 Å². The van der Waals surface area contributed by atoms with E-state index in [0.29, 0.717) is 5.82 Å². The first-order chi connectivity index (χ1) is 9.56. The van der Waals surface area contributed by atoms with Crippen LogP contribution in [-0.2, 0) is 6.42 Å². The minimum absolute atomic E-state index is 0.172. The van der Waals surface area contributed by atoms with Gasteiger partial charge in [0.1, 0.15) is 17.5 Å². The summed E-state index contributed by atoms with van der Waals surface area (Å²) >= 11 is 0.